The lowest BCUT2D eigenvalue weighted by atomic mass is 10.3. The van der Waals surface area contributed by atoms with Gasteiger partial charge in [-0.2, -0.15) is 0 Å². The highest BCUT2D eigenvalue weighted by molar-refractivity contribution is 7.65. The third-order valence-corrected chi connectivity index (χ3v) is 6.91. The molecule has 38 heavy (non-hydrogen) atoms. The fraction of sp³-hybridized carbons (Fsp3) is 0.129. The average molecular weight is 528 g/mol. The van der Waals surface area contributed by atoms with Crippen LogP contribution in [0.1, 0.15) is 13.3 Å². The molecule has 0 radical (unpaired) electrons. The Morgan fingerprint density at radius 1 is 0.684 bits per heavy atom. The van der Waals surface area contributed by atoms with Gasteiger partial charge in [0.1, 0.15) is 23.0 Å². The van der Waals surface area contributed by atoms with Gasteiger partial charge in [0.05, 0.1) is 0 Å². The monoisotopic (exact) mass is 527 g/mol. The van der Waals surface area contributed by atoms with Crippen molar-refractivity contribution in [2.75, 3.05) is 0 Å². The summed E-state index contributed by atoms with van der Waals surface area (Å²) in [6, 6.07) is 35.8. The van der Waals surface area contributed by atoms with Gasteiger partial charge in [0.2, 0.25) is 0 Å². The average Bonchev–Trinajstić information content (AvgIpc) is 2.94. The van der Waals surface area contributed by atoms with Crippen LogP contribution < -0.4 is 18.9 Å². The minimum absolute atomic E-state index is 0.162. The molecule has 4 rings (SSSR count). The fourth-order valence-corrected chi connectivity index (χ4v) is 4.80. The molecule has 0 amide bonds. The molecule has 2 unspecified atom stereocenters. The fourth-order valence-electron chi connectivity index (χ4n) is 3.55. The standard InChI is InChI=1S/C31H28O6P/c1-24(2)30(32)38(33)29(34-25-15-7-3-8-16-25)23-31(35-26-17-9-4-10-18-26,36-27-19-11-5-12-20-27)37-28-21-13-6-14-22-28/h3-22,29H,1,23H2,2H3/q+1. The van der Waals surface area contributed by atoms with Crippen LogP contribution in [0.5, 0.6) is 23.0 Å². The van der Waals surface area contributed by atoms with Crippen LogP contribution >= 0.6 is 7.80 Å². The molecule has 0 aliphatic rings. The van der Waals surface area contributed by atoms with Crippen LogP contribution in [0.4, 0.5) is 0 Å². The molecular weight excluding hydrogens is 499 g/mol. The van der Waals surface area contributed by atoms with E-state index in [0.29, 0.717) is 23.0 Å². The summed E-state index contributed by atoms with van der Waals surface area (Å²) in [6.45, 7) is 5.20. The summed E-state index contributed by atoms with van der Waals surface area (Å²) in [6.07, 6.45) is -0.227. The maximum Gasteiger partial charge on any atom is 0.464 e. The van der Waals surface area contributed by atoms with Crippen LogP contribution in [0.25, 0.3) is 0 Å². The summed E-state index contributed by atoms with van der Waals surface area (Å²) in [5.74, 6) is -1.28. The first kappa shape index (κ1) is 26.6. The molecule has 192 valence electrons. The van der Waals surface area contributed by atoms with Crippen molar-refractivity contribution >= 4 is 13.3 Å². The predicted molar refractivity (Wildman–Crippen MR) is 147 cm³/mol. The van der Waals surface area contributed by atoms with E-state index in [9.17, 15) is 9.36 Å². The number of allylic oxidation sites excluding steroid dienone is 1. The van der Waals surface area contributed by atoms with E-state index in [1.807, 2.05) is 60.7 Å². The third kappa shape index (κ3) is 7.31. The molecule has 4 aromatic carbocycles. The van der Waals surface area contributed by atoms with Gasteiger partial charge >= 0.3 is 25.1 Å². The van der Waals surface area contributed by atoms with Gasteiger partial charge in [-0.05, 0) is 55.5 Å². The van der Waals surface area contributed by atoms with E-state index in [0.717, 1.165) is 0 Å². The van der Waals surface area contributed by atoms with Crippen molar-refractivity contribution in [3.05, 3.63) is 133 Å². The Balaban J connectivity index is 1.81. The highest BCUT2D eigenvalue weighted by Gasteiger charge is 2.52. The second-order valence-corrected chi connectivity index (χ2v) is 10.1. The smallest absolute Gasteiger partial charge is 0.446 e. The van der Waals surface area contributed by atoms with E-state index in [4.69, 9.17) is 18.9 Å². The number of rotatable bonds is 13. The van der Waals surface area contributed by atoms with Gasteiger partial charge in [-0.25, -0.2) is 4.79 Å². The molecule has 4 aromatic rings. The number of carbonyl (C=O) groups is 1. The molecule has 2 atom stereocenters. The Kier molecular flexibility index (Phi) is 8.91. The normalized spacial score (nSPS) is 12.1. The first-order valence-corrected chi connectivity index (χ1v) is 13.4. The van der Waals surface area contributed by atoms with Crippen LogP contribution in [-0.2, 0) is 9.36 Å². The molecule has 0 bridgehead atoms. The van der Waals surface area contributed by atoms with Gasteiger partial charge in [0.25, 0.3) is 0 Å². The molecule has 0 N–H and O–H groups in total. The Labute approximate surface area is 223 Å². The van der Waals surface area contributed by atoms with Gasteiger partial charge in [-0.1, -0.05) is 83.9 Å². The molecule has 0 heterocycles. The van der Waals surface area contributed by atoms with Gasteiger partial charge in [-0.3, -0.25) is 0 Å². The number of hydrogen-bond acceptors (Lipinski definition) is 6. The topological polar surface area (TPSA) is 71.1 Å². The summed E-state index contributed by atoms with van der Waals surface area (Å²) in [5.41, 5.74) is -0.440. The lowest BCUT2D eigenvalue weighted by molar-refractivity contribution is -0.261. The summed E-state index contributed by atoms with van der Waals surface area (Å²) in [5, 5.41) is 0. The van der Waals surface area contributed by atoms with Crippen LogP contribution in [0.15, 0.2) is 133 Å². The van der Waals surface area contributed by atoms with Gasteiger partial charge in [0, 0.05) is 5.57 Å². The second-order valence-electron chi connectivity index (χ2n) is 8.43. The van der Waals surface area contributed by atoms with Crippen molar-refractivity contribution in [1.82, 2.24) is 0 Å². The van der Waals surface area contributed by atoms with Gasteiger partial charge < -0.3 is 18.9 Å². The van der Waals surface area contributed by atoms with Crippen LogP contribution in [0.3, 0.4) is 0 Å². The molecule has 0 aromatic heterocycles. The third-order valence-electron chi connectivity index (χ3n) is 5.32. The minimum Gasteiger partial charge on any atom is -0.446 e. The quantitative estimate of drug-likeness (QED) is 0.101. The number of ether oxygens (including phenoxy) is 4. The van der Waals surface area contributed by atoms with E-state index >= 15 is 0 Å². The molecule has 0 aliphatic carbocycles. The highest BCUT2D eigenvalue weighted by atomic mass is 31.1. The minimum atomic E-state index is -2.61. The van der Waals surface area contributed by atoms with Crippen molar-refractivity contribution < 1.29 is 28.3 Å². The zero-order valence-electron chi connectivity index (χ0n) is 20.9. The number of para-hydroxylation sites is 4. The second kappa shape index (κ2) is 12.7. The summed E-state index contributed by atoms with van der Waals surface area (Å²) in [7, 11) is -2.61. The first-order valence-electron chi connectivity index (χ1n) is 12.0. The number of carbonyl (C=O) groups excluding carboxylic acids is 1. The van der Waals surface area contributed by atoms with Crippen molar-refractivity contribution in [2.24, 2.45) is 0 Å². The maximum atomic E-state index is 13.6. The Bertz CT molecular complexity index is 1240. The molecule has 0 fully saturated rings. The van der Waals surface area contributed by atoms with E-state index in [1.165, 1.54) is 6.92 Å². The number of hydrogen-bond donors (Lipinski definition) is 0. The van der Waals surface area contributed by atoms with E-state index in [-0.39, 0.29) is 12.0 Å². The Morgan fingerprint density at radius 3 is 1.37 bits per heavy atom. The SMILES string of the molecule is C=C(C)C(=O)[P+](=O)C(CC(Oc1ccccc1)(Oc1ccccc1)Oc1ccccc1)Oc1ccccc1. The maximum absolute atomic E-state index is 13.6. The van der Waals surface area contributed by atoms with Crippen molar-refractivity contribution in [3.63, 3.8) is 0 Å². The summed E-state index contributed by atoms with van der Waals surface area (Å²) >= 11 is 0. The van der Waals surface area contributed by atoms with Crippen LogP contribution in [-0.4, -0.2) is 17.3 Å². The lowest BCUT2D eigenvalue weighted by Gasteiger charge is -2.34. The zero-order valence-corrected chi connectivity index (χ0v) is 21.8. The van der Waals surface area contributed by atoms with E-state index in [1.54, 1.807) is 60.7 Å². The largest absolute Gasteiger partial charge is 0.464 e. The lowest BCUT2D eigenvalue weighted by Crippen LogP contribution is -2.51. The number of benzene rings is 4. The summed E-state index contributed by atoms with van der Waals surface area (Å²) < 4.78 is 38.8. The molecule has 6 nitrogen and oxygen atoms in total. The highest BCUT2D eigenvalue weighted by Crippen LogP contribution is 2.41. The van der Waals surface area contributed by atoms with E-state index in [2.05, 4.69) is 6.58 Å². The van der Waals surface area contributed by atoms with Crippen LogP contribution in [0, 0.1) is 0 Å². The molecule has 0 saturated carbocycles. The van der Waals surface area contributed by atoms with Crippen molar-refractivity contribution in [1.29, 1.82) is 0 Å². The Morgan fingerprint density at radius 2 is 1.03 bits per heavy atom. The molecule has 0 saturated heterocycles. The first-order chi connectivity index (χ1) is 18.4. The van der Waals surface area contributed by atoms with Crippen LogP contribution in [0.2, 0.25) is 0 Å². The van der Waals surface area contributed by atoms with Gasteiger partial charge in [0.15, 0.2) is 6.42 Å². The summed E-state index contributed by atoms with van der Waals surface area (Å²) in [4.78, 5) is 12.8. The van der Waals surface area contributed by atoms with Crippen molar-refractivity contribution in [2.45, 2.75) is 25.2 Å². The zero-order chi connectivity index (χ0) is 26.8. The van der Waals surface area contributed by atoms with Gasteiger partial charge in [-0.15, -0.1) is 0 Å². The molecule has 7 heteroatoms. The molecule has 0 spiro atoms. The Hall–Kier alpha value is -4.41. The molecule has 0 aliphatic heterocycles. The molecular formula is C31H28O6P+. The van der Waals surface area contributed by atoms with Crippen molar-refractivity contribution in [3.8, 4) is 23.0 Å². The van der Waals surface area contributed by atoms with E-state index < -0.39 is 25.1 Å². The predicted octanol–water partition coefficient (Wildman–Crippen LogP) is 7.60.